The minimum Gasteiger partial charge on any atom is -0.330 e. The molecular weight excluding hydrogens is 205 g/mol. The molecule has 0 aromatic rings. The van der Waals surface area contributed by atoms with Gasteiger partial charge in [-0.3, -0.25) is 0 Å². The van der Waals surface area contributed by atoms with Gasteiger partial charge in [-0.25, -0.2) is 0 Å². The zero-order valence-electron chi connectivity index (χ0n) is 9.48. The van der Waals surface area contributed by atoms with Crippen LogP contribution in [0, 0.1) is 5.92 Å². The Morgan fingerprint density at radius 3 is 2.20 bits per heavy atom. The molecular formula is C10H21F3N2. The third kappa shape index (κ3) is 5.99. The third-order valence-electron chi connectivity index (χ3n) is 2.50. The van der Waals surface area contributed by atoms with Crippen molar-refractivity contribution >= 4 is 0 Å². The van der Waals surface area contributed by atoms with Gasteiger partial charge in [-0.15, -0.1) is 0 Å². The predicted octanol–water partition coefficient (Wildman–Crippen LogP) is 2.25. The van der Waals surface area contributed by atoms with Crippen LogP contribution in [-0.2, 0) is 0 Å². The molecule has 0 radical (unpaired) electrons. The molecule has 0 aromatic carbocycles. The van der Waals surface area contributed by atoms with Gasteiger partial charge in [-0.2, -0.15) is 13.2 Å². The molecule has 5 heteroatoms. The maximum Gasteiger partial charge on any atom is 0.394 e. The van der Waals surface area contributed by atoms with Crippen LogP contribution in [0.2, 0.25) is 0 Å². The molecule has 1 unspecified atom stereocenters. The summed E-state index contributed by atoms with van der Waals surface area (Å²) in [7, 11) is 0. The number of nitrogens with two attached hydrogens (primary N) is 1. The Labute approximate surface area is 89.6 Å². The van der Waals surface area contributed by atoms with Crippen molar-refractivity contribution in [2.24, 2.45) is 11.7 Å². The van der Waals surface area contributed by atoms with E-state index >= 15 is 0 Å². The Bertz CT molecular complexity index is 159. The number of hydrogen-bond donors (Lipinski definition) is 1. The van der Waals surface area contributed by atoms with Crippen molar-refractivity contribution in [1.29, 1.82) is 0 Å². The lowest BCUT2D eigenvalue weighted by Gasteiger charge is -2.26. The molecule has 0 amide bonds. The molecule has 2 nitrogen and oxygen atoms in total. The summed E-state index contributed by atoms with van der Waals surface area (Å²) in [4.78, 5) is 1.81. The van der Waals surface area contributed by atoms with Gasteiger partial charge in [-0.1, -0.05) is 20.3 Å². The minimum atomic E-state index is -4.17. The molecule has 0 fully saturated rings. The van der Waals surface area contributed by atoms with E-state index in [4.69, 9.17) is 5.73 Å². The first-order chi connectivity index (χ1) is 6.95. The number of rotatable bonds is 7. The fraction of sp³-hybridized carbons (Fsp3) is 1.00. The maximum atomic E-state index is 12.4. The summed E-state index contributed by atoms with van der Waals surface area (Å²) in [5.74, 6) is -1.39. The third-order valence-corrected chi connectivity index (χ3v) is 2.50. The number of alkyl halides is 3. The van der Waals surface area contributed by atoms with E-state index in [1.54, 1.807) is 0 Å². The summed E-state index contributed by atoms with van der Waals surface area (Å²) in [5, 5.41) is 0. The van der Waals surface area contributed by atoms with Crippen LogP contribution in [0.25, 0.3) is 0 Å². The highest BCUT2D eigenvalue weighted by Crippen LogP contribution is 2.26. The molecule has 1 atom stereocenters. The number of unbranched alkanes of at least 4 members (excludes halogenated alkanes) is 1. The fourth-order valence-corrected chi connectivity index (χ4v) is 1.38. The molecule has 0 aromatic heterocycles. The molecule has 0 aliphatic carbocycles. The zero-order valence-corrected chi connectivity index (χ0v) is 9.48. The Morgan fingerprint density at radius 1 is 1.27 bits per heavy atom. The number of hydrogen-bond acceptors (Lipinski definition) is 2. The predicted molar refractivity (Wildman–Crippen MR) is 55.6 cm³/mol. The highest BCUT2D eigenvalue weighted by Gasteiger charge is 2.39. The van der Waals surface area contributed by atoms with Crippen LogP contribution in [0.3, 0.4) is 0 Å². The molecule has 15 heavy (non-hydrogen) atoms. The first-order valence-corrected chi connectivity index (χ1v) is 5.44. The molecule has 0 aliphatic heterocycles. The van der Waals surface area contributed by atoms with Gasteiger partial charge < -0.3 is 10.6 Å². The normalized spacial score (nSPS) is 14.6. The quantitative estimate of drug-likeness (QED) is 0.721. The van der Waals surface area contributed by atoms with Gasteiger partial charge in [0.2, 0.25) is 0 Å². The summed E-state index contributed by atoms with van der Waals surface area (Å²) in [6.07, 6.45) is -2.24. The van der Waals surface area contributed by atoms with Gasteiger partial charge in [0.15, 0.2) is 0 Å². The minimum absolute atomic E-state index is 0.0243. The smallest absolute Gasteiger partial charge is 0.330 e. The van der Waals surface area contributed by atoms with Gasteiger partial charge in [-0.05, 0) is 19.5 Å². The van der Waals surface area contributed by atoms with E-state index in [9.17, 15) is 13.2 Å². The number of nitrogens with zero attached hydrogens (tertiary/aromatic N) is 1. The van der Waals surface area contributed by atoms with Crippen molar-refractivity contribution in [2.75, 3.05) is 26.2 Å². The van der Waals surface area contributed by atoms with Crippen molar-refractivity contribution in [3.05, 3.63) is 0 Å². The summed E-state index contributed by atoms with van der Waals surface area (Å²) in [6, 6.07) is 0. The molecule has 0 heterocycles. The first-order valence-electron chi connectivity index (χ1n) is 5.44. The average molecular weight is 226 g/mol. The van der Waals surface area contributed by atoms with E-state index in [1.165, 1.54) is 0 Å². The SMILES string of the molecule is CCCCN(CC)CC(CN)C(F)(F)F. The highest BCUT2D eigenvalue weighted by atomic mass is 19.4. The van der Waals surface area contributed by atoms with Crippen LogP contribution in [0.4, 0.5) is 13.2 Å². The Balaban J connectivity index is 4.12. The van der Waals surface area contributed by atoms with Crippen LogP contribution < -0.4 is 5.73 Å². The summed E-state index contributed by atoms with van der Waals surface area (Å²) < 4.78 is 37.3. The second kappa shape index (κ2) is 7.06. The summed E-state index contributed by atoms with van der Waals surface area (Å²) in [5.41, 5.74) is 5.14. The van der Waals surface area contributed by atoms with Crippen molar-refractivity contribution < 1.29 is 13.2 Å². The van der Waals surface area contributed by atoms with E-state index in [0.717, 1.165) is 19.4 Å². The summed E-state index contributed by atoms with van der Waals surface area (Å²) >= 11 is 0. The lowest BCUT2D eigenvalue weighted by atomic mass is 10.1. The average Bonchev–Trinajstić information content (AvgIpc) is 2.16. The van der Waals surface area contributed by atoms with E-state index in [0.29, 0.717) is 6.54 Å². The molecule has 0 aliphatic rings. The van der Waals surface area contributed by atoms with Crippen LogP contribution in [0.5, 0.6) is 0 Å². The molecule has 0 spiro atoms. The van der Waals surface area contributed by atoms with Crippen LogP contribution in [0.1, 0.15) is 26.7 Å². The van der Waals surface area contributed by atoms with E-state index < -0.39 is 12.1 Å². The van der Waals surface area contributed by atoms with Gasteiger partial charge in [0, 0.05) is 13.1 Å². The molecule has 0 saturated carbocycles. The van der Waals surface area contributed by atoms with Crippen molar-refractivity contribution in [3.63, 3.8) is 0 Å². The molecule has 0 bridgehead atoms. The second-order valence-electron chi connectivity index (χ2n) is 3.72. The van der Waals surface area contributed by atoms with Gasteiger partial charge >= 0.3 is 6.18 Å². The monoisotopic (exact) mass is 226 g/mol. The molecule has 0 rings (SSSR count). The Morgan fingerprint density at radius 2 is 1.87 bits per heavy atom. The van der Waals surface area contributed by atoms with Crippen LogP contribution >= 0.6 is 0 Å². The maximum absolute atomic E-state index is 12.4. The Hall–Kier alpha value is -0.290. The van der Waals surface area contributed by atoms with Gasteiger partial charge in [0.05, 0.1) is 5.92 Å². The lowest BCUT2D eigenvalue weighted by Crippen LogP contribution is -2.41. The second-order valence-corrected chi connectivity index (χ2v) is 3.72. The zero-order chi connectivity index (χ0) is 11.9. The molecule has 92 valence electrons. The fourth-order valence-electron chi connectivity index (χ4n) is 1.38. The Kier molecular flexibility index (Phi) is 6.92. The van der Waals surface area contributed by atoms with Crippen molar-refractivity contribution in [3.8, 4) is 0 Å². The number of halogens is 3. The van der Waals surface area contributed by atoms with Crippen molar-refractivity contribution in [2.45, 2.75) is 32.9 Å². The van der Waals surface area contributed by atoms with Crippen LogP contribution in [-0.4, -0.2) is 37.3 Å². The lowest BCUT2D eigenvalue weighted by molar-refractivity contribution is -0.176. The first kappa shape index (κ1) is 14.7. The van der Waals surface area contributed by atoms with Gasteiger partial charge in [0.25, 0.3) is 0 Å². The topological polar surface area (TPSA) is 29.3 Å². The van der Waals surface area contributed by atoms with Crippen LogP contribution in [0.15, 0.2) is 0 Å². The van der Waals surface area contributed by atoms with E-state index in [1.807, 2.05) is 18.7 Å². The summed E-state index contributed by atoms with van der Waals surface area (Å²) in [6.45, 7) is 4.96. The molecule has 2 N–H and O–H groups in total. The molecule has 0 saturated heterocycles. The van der Waals surface area contributed by atoms with Gasteiger partial charge in [0.1, 0.15) is 0 Å². The highest BCUT2D eigenvalue weighted by molar-refractivity contribution is 4.72. The van der Waals surface area contributed by atoms with E-state index in [-0.39, 0.29) is 13.1 Å². The largest absolute Gasteiger partial charge is 0.394 e. The standard InChI is InChI=1S/C10H21F3N2/c1-3-5-6-15(4-2)8-9(7-14)10(11,12)13/h9H,3-8,14H2,1-2H3. The van der Waals surface area contributed by atoms with E-state index in [2.05, 4.69) is 0 Å². The van der Waals surface area contributed by atoms with Crippen molar-refractivity contribution in [1.82, 2.24) is 4.90 Å².